The highest BCUT2D eigenvalue weighted by atomic mass is 127. The second kappa shape index (κ2) is 11.3. The Labute approximate surface area is 181 Å². The van der Waals surface area contributed by atoms with Gasteiger partial charge in [0.2, 0.25) is 11.7 Å². The molecule has 0 fully saturated rings. The molecule has 1 aromatic heterocycles. The van der Waals surface area contributed by atoms with Gasteiger partial charge in [-0.05, 0) is 44.2 Å². The lowest BCUT2D eigenvalue weighted by Gasteiger charge is -2.14. The molecular formula is C19H25ClIN5O. The predicted octanol–water partition coefficient (Wildman–Crippen LogP) is 4.56. The Morgan fingerprint density at radius 2 is 2.19 bits per heavy atom. The zero-order valence-corrected chi connectivity index (χ0v) is 18.5. The highest BCUT2D eigenvalue weighted by molar-refractivity contribution is 14.0. The smallest absolute Gasteiger partial charge is 0.246 e. The van der Waals surface area contributed by atoms with Crippen LogP contribution in [0.5, 0.6) is 0 Å². The molecule has 0 atom stereocenters. The Balaban J connectivity index is 0.00000261. The standard InChI is InChI=1S/C19H24ClN5O.HI/c1-21-19(22-11-10-14-6-3-2-4-7-14)23-13-17-24-18(25-26-17)15-8-5-9-16(20)12-15;/h5-6,8-9,12H,2-4,7,10-11,13H2,1H3,(H2,21,22,23);1H. The second-order valence-corrected chi connectivity index (χ2v) is 6.67. The molecule has 0 bridgehead atoms. The number of rotatable bonds is 6. The topological polar surface area (TPSA) is 75.3 Å². The van der Waals surface area contributed by atoms with Crippen LogP contribution in [0.15, 0.2) is 45.4 Å². The third kappa shape index (κ3) is 6.80. The molecule has 0 amide bonds. The Morgan fingerprint density at radius 1 is 1.30 bits per heavy atom. The van der Waals surface area contributed by atoms with Gasteiger partial charge < -0.3 is 15.2 Å². The Bertz CT molecular complexity index is 790. The average Bonchev–Trinajstić information content (AvgIpc) is 3.14. The van der Waals surface area contributed by atoms with E-state index in [0.29, 0.717) is 23.3 Å². The van der Waals surface area contributed by atoms with Crippen molar-refractivity contribution >= 4 is 41.5 Å². The lowest BCUT2D eigenvalue weighted by atomic mass is 9.97. The monoisotopic (exact) mass is 501 g/mol. The molecular weight excluding hydrogens is 477 g/mol. The van der Waals surface area contributed by atoms with Crippen molar-refractivity contribution in [1.82, 2.24) is 20.8 Å². The largest absolute Gasteiger partial charge is 0.356 e. The molecule has 3 rings (SSSR count). The Morgan fingerprint density at radius 3 is 2.93 bits per heavy atom. The molecule has 6 nitrogen and oxygen atoms in total. The van der Waals surface area contributed by atoms with E-state index in [4.69, 9.17) is 16.1 Å². The maximum Gasteiger partial charge on any atom is 0.246 e. The Hall–Kier alpha value is -1.61. The molecule has 2 N–H and O–H groups in total. The highest BCUT2D eigenvalue weighted by Crippen LogP contribution is 2.20. The second-order valence-electron chi connectivity index (χ2n) is 6.23. The van der Waals surface area contributed by atoms with Gasteiger partial charge >= 0.3 is 0 Å². The number of aliphatic imine (C=N–C) groups is 1. The lowest BCUT2D eigenvalue weighted by molar-refractivity contribution is 0.375. The van der Waals surface area contributed by atoms with Crippen molar-refractivity contribution in [3.05, 3.63) is 46.8 Å². The summed E-state index contributed by atoms with van der Waals surface area (Å²) in [5.41, 5.74) is 2.37. The van der Waals surface area contributed by atoms with Crippen LogP contribution in [0.3, 0.4) is 0 Å². The first-order valence-electron chi connectivity index (χ1n) is 8.95. The summed E-state index contributed by atoms with van der Waals surface area (Å²) in [5.74, 6) is 1.75. The van der Waals surface area contributed by atoms with Crippen LogP contribution in [0.1, 0.15) is 38.0 Å². The number of benzene rings is 1. The van der Waals surface area contributed by atoms with Crippen LogP contribution >= 0.6 is 35.6 Å². The van der Waals surface area contributed by atoms with Gasteiger partial charge in [0.1, 0.15) is 0 Å². The van der Waals surface area contributed by atoms with Gasteiger partial charge in [-0.15, -0.1) is 24.0 Å². The van der Waals surface area contributed by atoms with E-state index >= 15 is 0 Å². The van der Waals surface area contributed by atoms with Crippen molar-refractivity contribution in [3.63, 3.8) is 0 Å². The predicted molar refractivity (Wildman–Crippen MR) is 120 cm³/mol. The maximum absolute atomic E-state index is 6.00. The number of hydrogen-bond acceptors (Lipinski definition) is 4. The summed E-state index contributed by atoms with van der Waals surface area (Å²) < 4.78 is 5.29. The molecule has 8 heteroatoms. The molecule has 0 radical (unpaired) electrons. The molecule has 0 saturated carbocycles. The number of hydrogen-bond donors (Lipinski definition) is 2. The molecule has 2 aromatic rings. The molecule has 1 aromatic carbocycles. The number of nitrogens with one attached hydrogen (secondary N) is 2. The van der Waals surface area contributed by atoms with E-state index in [2.05, 4.69) is 31.8 Å². The SMILES string of the molecule is CN=C(NCCC1=CCCCC1)NCc1nc(-c2cccc(Cl)c2)no1.I. The molecule has 1 heterocycles. The summed E-state index contributed by atoms with van der Waals surface area (Å²) in [7, 11) is 1.75. The number of aromatic nitrogens is 2. The van der Waals surface area contributed by atoms with Crippen LogP contribution in [0.4, 0.5) is 0 Å². The van der Waals surface area contributed by atoms with Gasteiger partial charge in [-0.2, -0.15) is 4.98 Å². The molecule has 0 aliphatic heterocycles. The molecule has 146 valence electrons. The fourth-order valence-corrected chi connectivity index (χ4v) is 3.11. The summed E-state index contributed by atoms with van der Waals surface area (Å²) in [4.78, 5) is 8.62. The molecule has 0 unspecified atom stereocenters. The van der Waals surface area contributed by atoms with Gasteiger partial charge in [0.25, 0.3) is 0 Å². The number of guanidine groups is 1. The van der Waals surface area contributed by atoms with E-state index in [1.54, 1.807) is 12.6 Å². The first kappa shape index (κ1) is 21.7. The van der Waals surface area contributed by atoms with Crippen LogP contribution in [0.2, 0.25) is 5.02 Å². The van der Waals surface area contributed by atoms with Crippen molar-refractivity contribution in [1.29, 1.82) is 0 Å². The minimum Gasteiger partial charge on any atom is -0.356 e. The van der Waals surface area contributed by atoms with Crippen LogP contribution in [0, 0.1) is 0 Å². The molecule has 1 aliphatic carbocycles. The van der Waals surface area contributed by atoms with Crippen LogP contribution in [-0.2, 0) is 6.54 Å². The van der Waals surface area contributed by atoms with Gasteiger partial charge in [-0.3, -0.25) is 4.99 Å². The van der Waals surface area contributed by atoms with Gasteiger partial charge in [0, 0.05) is 24.2 Å². The van der Waals surface area contributed by atoms with Crippen LogP contribution in [0.25, 0.3) is 11.4 Å². The Kier molecular flexibility index (Phi) is 9.06. The van der Waals surface area contributed by atoms with Crippen LogP contribution < -0.4 is 10.6 Å². The number of halogens is 2. The van der Waals surface area contributed by atoms with Crippen molar-refractivity contribution < 1.29 is 4.52 Å². The number of nitrogens with zero attached hydrogens (tertiary/aromatic N) is 3. The van der Waals surface area contributed by atoms with Crippen molar-refractivity contribution in [2.75, 3.05) is 13.6 Å². The lowest BCUT2D eigenvalue weighted by Crippen LogP contribution is -2.37. The van der Waals surface area contributed by atoms with Crippen molar-refractivity contribution in [2.24, 2.45) is 4.99 Å². The third-order valence-corrected chi connectivity index (χ3v) is 4.54. The van der Waals surface area contributed by atoms with Crippen molar-refractivity contribution in [2.45, 2.75) is 38.6 Å². The highest BCUT2D eigenvalue weighted by Gasteiger charge is 2.10. The third-order valence-electron chi connectivity index (χ3n) is 4.31. The van der Waals surface area contributed by atoms with Gasteiger partial charge in [-0.1, -0.05) is 40.5 Å². The number of allylic oxidation sites excluding steroid dienone is 1. The zero-order valence-electron chi connectivity index (χ0n) is 15.4. The molecule has 0 spiro atoms. The summed E-state index contributed by atoms with van der Waals surface area (Å²) in [6.45, 7) is 1.28. The summed E-state index contributed by atoms with van der Waals surface area (Å²) in [6.07, 6.45) is 8.50. The van der Waals surface area contributed by atoms with Crippen molar-refractivity contribution in [3.8, 4) is 11.4 Å². The molecule has 27 heavy (non-hydrogen) atoms. The summed E-state index contributed by atoms with van der Waals surface area (Å²) >= 11 is 6.00. The minimum atomic E-state index is 0. The van der Waals surface area contributed by atoms with E-state index in [9.17, 15) is 0 Å². The quantitative estimate of drug-likeness (QED) is 0.263. The average molecular weight is 502 g/mol. The van der Waals surface area contributed by atoms with Crippen LogP contribution in [-0.4, -0.2) is 29.7 Å². The fraction of sp³-hybridized carbons (Fsp3) is 0.421. The van der Waals surface area contributed by atoms with E-state index in [-0.39, 0.29) is 24.0 Å². The van der Waals surface area contributed by atoms with E-state index in [1.165, 1.54) is 25.7 Å². The summed E-state index contributed by atoms with van der Waals surface area (Å²) in [6, 6.07) is 7.38. The molecule has 0 saturated heterocycles. The zero-order chi connectivity index (χ0) is 18.2. The van der Waals surface area contributed by atoms with E-state index in [1.807, 2.05) is 24.3 Å². The van der Waals surface area contributed by atoms with Gasteiger partial charge in [-0.25, -0.2) is 0 Å². The van der Waals surface area contributed by atoms with Gasteiger partial charge in [0.15, 0.2) is 5.96 Å². The normalized spacial score (nSPS) is 14.3. The fourth-order valence-electron chi connectivity index (χ4n) is 2.92. The van der Waals surface area contributed by atoms with E-state index in [0.717, 1.165) is 24.5 Å². The first-order valence-corrected chi connectivity index (χ1v) is 9.33. The van der Waals surface area contributed by atoms with E-state index < -0.39 is 0 Å². The maximum atomic E-state index is 6.00. The summed E-state index contributed by atoms with van der Waals surface area (Å²) in [5, 5.41) is 11.2. The molecule has 1 aliphatic rings. The van der Waals surface area contributed by atoms with Gasteiger partial charge in [0.05, 0.1) is 6.54 Å². The minimum absolute atomic E-state index is 0. The first-order chi connectivity index (χ1) is 12.7.